The summed E-state index contributed by atoms with van der Waals surface area (Å²) < 4.78 is 0. The van der Waals surface area contributed by atoms with E-state index in [2.05, 4.69) is 25.8 Å². The molecule has 0 aliphatic rings. The second-order valence-electron chi connectivity index (χ2n) is 7.52. The molecule has 0 fully saturated rings. The molecule has 0 aliphatic heterocycles. The lowest BCUT2D eigenvalue weighted by Gasteiger charge is -2.04. The zero-order valence-electron chi connectivity index (χ0n) is 18.6. The number of hydrogen-bond acceptors (Lipinski definition) is 9. The Morgan fingerprint density at radius 3 is 2.28 bits per heavy atom. The Morgan fingerprint density at radius 2 is 1.56 bits per heavy atom. The summed E-state index contributed by atoms with van der Waals surface area (Å²) in [6.07, 6.45) is 0. The molecule has 10 heteroatoms. The van der Waals surface area contributed by atoms with Crippen molar-refractivity contribution in [1.82, 2.24) is 4.98 Å². The predicted molar refractivity (Wildman–Crippen MR) is 143 cm³/mol. The molecule has 0 saturated carbocycles. The Balaban J connectivity index is 1.43. The highest BCUT2D eigenvalue weighted by Gasteiger charge is 2.24. The van der Waals surface area contributed by atoms with Gasteiger partial charge < -0.3 is 15.5 Å². The minimum absolute atomic E-state index is 0.0737. The molecule has 0 aliphatic carbocycles. The summed E-state index contributed by atoms with van der Waals surface area (Å²) in [5.41, 5.74) is 3.07. The lowest BCUT2D eigenvalue weighted by atomic mass is 10.2. The van der Waals surface area contributed by atoms with Gasteiger partial charge in [0.25, 0.3) is 5.91 Å². The third kappa shape index (κ3) is 5.24. The first-order chi connectivity index (χ1) is 17.6. The van der Waals surface area contributed by atoms with Crippen molar-refractivity contribution in [3.8, 4) is 22.8 Å². The van der Waals surface area contributed by atoms with E-state index in [1.54, 1.807) is 12.1 Å². The van der Waals surface area contributed by atoms with Crippen LogP contribution in [-0.4, -0.2) is 21.1 Å². The normalized spacial score (nSPS) is 11.0. The second-order valence-corrected chi connectivity index (χ2v) is 9.40. The Labute approximate surface area is 214 Å². The zero-order valence-corrected chi connectivity index (χ0v) is 20.3. The maximum atomic E-state index is 13.1. The van der Waals surface area contributed by atoms with E-state index in [4.69, 9.17) is 0 Å². The highest BCUT2D eigenvalue weighted by atomic mass is 32.1. The molecule has 178 valence electrons. The molecule has 36 heavy (non-hydrogen) atoms. The van der Waals surface area contributed by atoms with Gasteiger partial charge in [0.2, 0.25) is 0 Å². The van der Waals surface area contributed by atoms with Gasteiger partial charge in [0.05, 0.1) is 11.4 Å². The van der Waals surface area contributed by atoms with Gasteiger partial charge in [-0.2, -0.15) is 5.11 Å². The lowest BCUT2D eigenvalue weighted by molar-refractivity contribution is 0.102. The van der Waals surface area contributed by atoms with Gasteiger partial charge in [-0.25, -0.2) is 4.98 Å². The van der Waals surface area contributed by atoms with E-state index in [9.17, 15) is 15.0 Å². The molecular weight excluding hydrogens is 494 g/mol. The van der Waals surface area contributed by atoms with E-state index in [1.807, 2.05) is 66.0 Å². The summed E-state index contributed by atoms with van der Waals surface area (Å²) in [5, 5.41) is 37.5. The summed E-state index contributed by atoms with van der Waals surface area (Å²) in [5.74, 6) is -0.692. The summed E-state index contributed by atoms with van der Waals surface area (Å²) in [4.78, 5) is 17.6. The molecule has 0 bridgehead atoms. The fourth-order valence-corrected chi connectivity index (χ4v) is 4.91. The first-order valence-corrected chi connectivity index (χ1v) is 12.5. The Hall–Kier alpha value is -4.54. The van der Waals surface area contributed by atoms with Crippen LogP contribution in [0, 0.1) is 0 Å². The van der Waals surface area contributed by atoms with Gasteiger partial charge in [-0.3, -0.25) is 10.1 Å². The van der Waals surface area contributed by atoms with Crippen molar-refractivity contribution in [3.05, 3.63) is 95.2 Å². The number of anilines is 3. The topological polar surface area (TPSA) is 119 Å². The monoisotopic (exact) mass is 513 g/mol. The second kappa shape index (κ2) is 10.4. The molecule has 0 saturated heterocycles. The van der Waals surface area contributed by atoms with Crippen LogP contribution in [0.5, 0.6) is 11.5 Å². The first-order valence-electron chi connectivity index (χ1n) is 10.8. The summed E-state index contributed by atoms with van der Waals surface area (Å²) >= 11 is 2.36. The summed E-state index contributed by atoms with van der Waals surface area (Å²) in [7, 11) is 0. The molecule has 8 nitrogen and oxygen atoms in total. The van der Waals surface area contributed by atoms with Crippen molar-refractivity contribution in [2.75, 3.05) is 10.6 Å². The van der Waals surface area contributed by atoms with E-state index in [0.717, 1.165) is 28.3 Å². The summed E-state index contributed by atoms with van der Waals surface area (Å²) in [6.45, 7) is 0. The van der Waals surface area contributed by atoms with Crippen LogP contribution in [0.3, 0.4) is 0 Å². The van der Waals surface area contributed by atoms with Crippen LogP contribution in [0.2, 0.25) is 0 Å². The fraction of sp³-hybridized carbons (Fsp3) is 0. The average Bonchev–Trinajstić information content (AvgIpc) is 3.49. The van der Waals surface area contributed by atoms with Crippen LogP contribution in [0.15, 0.2) is 101 Å². The third-order valence-electron chi connectivity index (χ3n) is 5.01. The number of carbonyl (C=O) groups excluding carboxylic acids is 1. The molecule has 3 aromatic carbocycles. The van der Waals surface area contributed by atoms with Crippen molar-refractivity contribution in [2.24, 2.45) is 10.2 Å². The molecule has 0 unspecified atom stereocenters. The van der Waals surface area contributed by atoms with Gasteiger partial charge in [-0.05, 0) is 36.4 Å². The highest BCUT2D eigenvalue weighted by Crippen LogP contribution is 2.47. The average molecular weight is 514 g/mol. The zero-order chi connectivity index (χ0) is 24.9. The number of nitrogens with zero attached hydrogens (tertiary/aromatic N) is 3. The van der Waals surface area contributed by atoms with Gasteiger partial charge in [0, 0.05) is 16.6 Å². The van der Waals surface area contributed by atoms with Crippen LogP contribution < -0.4 is 10.6 Å². The van der Waals surface area contributed by atoms with Crippen LogP contribution in [0.25, 0.3) is 11.3 Å². The Kier molecular flexibility index (Phi) is 6.69. The smallest absolute Gasteiger partial charge is 0.271 e. The molecule has 0 radical (unpaired) electrons. The maximum Gasteiger partial charge on any atom is 0.271 e. The number of rotatable bonds is 7. The largest absolute Gasteiger partial charge is 0.508 e. The van der Waals surface area contributed by atoms with E-state index in [1.165, 1.54) is 23.5 Å². The molecule has 0 atom stereocenters. The number of para-hydroxylation sites is 1. The lowest BCUT2D eigenvalue weighted by Crippen LogP contribution is -2.10. The van der Waals surface area contributed by atoms with Crippen LogP contribution in [-0.2, 0) is 0 Å². The fourth-order valence-electron chi connectivity index (χ4n) is 3.25. The van der Waals surface area contributed by atoms with Crippen molar-refractivity contribution < 1.29 is 15.0 Å². The molecular formula is C26H19N5O3S2. The van der Waals surface area contributed by atoms with Gasteiger partial charge in [0.1, 0.15) is 15.6 Å². The minimum atomic E-state index is -0.506. The van der Waals surface area contributed by atoms with Crippen molar-refractivity contribution in [3.63, 3.8) is 0 Å². The number of aromatic hydroxyl groups is 2. The number of amides is 1. The molecule has 4 N–H and O–H groups in total. The molecule has 2 aromatic heterocycles. The predicted octanol–water partition coefficient (Wildman–Crippen LogP) is 7.69. The van der Waals surface area contributed by atoms with E-state index >= 15 is 0 Å². The van der Waals surface area contributed by atoms with E-state index in [0.29, 0.717) is 15.8 Å². The number of aromatic nitrogens is 1. The van der Waals surface area contributed by atoms with E-state index < -0.39 is 5.91 Å². The van der Waals surface area contributed by atoms with Crippen LogP contribution >= 0.6 is 22.7 Å². The summed E-state index contributed by atoms with van der Waals surface area (Å²) in [6, 6.07) is 25.2. The standard InChI is InChI=1S/C26H19N5O3S2/c32-19-13-11-18(12-14-19)30-31-21-22(33)23(36-25(21)27-17-9-5-2-6-10-17)24(34)29-26-28-20(15-35-26)16-7-3-1-4-8-16/h1-15,27,32-33H,(H,28,29,34). The number of nitrogens with one attached hydrogen (secondary N) is 2. The minimum Gasteiger partial charge on any atom is -0.508 e. The quantitative estimate of drug-likeness (QED) is 0.166. The third-order valence-corrected chi connectivity index (χ3v) is 6.85. The van der Waals surface area contributed by atoms with Crippen LogP contribution in [0.4, 0.5) is 27.2 Å². The van der Waals surface area contributed by atoms with Crippen molar-refractivity contribution in [2.45, 2.75) is 0 Å². The molecule has 1 amide bonds. The number of phenols is 1. The SMILES string of the molecule is O=C(Nc1nc(-c2ccccc2)cs1)c1sc(Nc2ccccc2)c(N=Nc2ccc(O)cc2)c1O. The van der Waals surface area contributed by atoms with Gasteiger partial charge >= 0.3 is 0 Å². The molecule has 2 heterocycles. The number of phenolic OH excluding ortho intramolecular Hbond substituents is 1. The van der Waals surface area contributed by atoms with Crippen molar-refractivity contribution in [1.29, 1.82) is 0 Å². The molecule has 5 aromatic rings. The number of azo groups is 1. The van der Waals surface area contributed by atoms with Crippen LogP contribution in [0.1, 0.15) is 9.67 Å². The van der Waals surface area contributed by atoms with E-state index in [-0.39, 0.29) is 22.1 Å². The van der Waals surface area contributed by atoms with Gasteiger partial charge in [-0.15, -0.1) is 27.8 Å². The Bertz CT molecular complexity index is 1510. The molecule has 5 rings (SSSR count). The number of carbonyl (C=O) groups is 1. The number of thiazole rings is 1. The Morgan fingerprint density at radius 1 is 0.861 bits per heavy atom. The van der Waals surface area contributed by atoms with Gasteiger partial charge in [-0.1, -0.05) is 48.5 Å². The van der Waals surface area contributed by atoms with Gasteiger partial charge in [0.15, 0.2) is 16.6 Å². The number of hydrogen-bond donors (Lipinski definition) is 4. The van der Waals surface area contributed by atoms with Crippen molar-refractivity contribution >= 4 is 55.8 Å². The number of thiophene rings is 1. The first kappa shape index (κ1) is 23.2. The number of benzene rings is 3. The molecule has 0 spiro atoms. The maximum absolute atomic E-state index is 13.1. The highest BCUT2D eigenvalue weighted by molar-refractivity contribution is 7.19.